The number of benzene rings is 1. The van der Waals surface area contributed by atoms with Gasteiger partial charge in [0, 0.05) is 17.7 Å². The number of aliphatic imine (C=N–C) groups is 1. The summed E-state index contributed by atoms with van der Waals surface area (Å²) in [6.45, 7) is 3.85. The van der Waals surface area contributed by atoms with Crippen molar-refractivity contribution in [2.75, 3.05) is 0 Å². The van der Waals surface area contributed by atoms with Crippen LogP contribution in [0.25, 0.3) is 0 Å². The van der Waals surface area contributed by atoms with Gasteiger partial charge in [0.25, 0.3) is 5.69 Å². The zero-order valence-electron chi connectivity index (χ0n) is 8.02. The fourth-order valence-electron chi connectivity index (χ4n) is 1.74. The smallest absolute Gasteiger partial charge is 0.260 e. The quantitative estimate of drug-likeness (QED) is 0.504. The van der Waals surface area contributed by atoms with Crippen molar-refractivity contribution in [3.8, 4) is 0 Å². The Morgan fingerprint density at radius 3 is 2.79 bits per heavy atom. The maximum atomic E-state index is 10.8. The third kappa shape index (κ3) is 1.11. The first-order valence-corrected chi connectivity index (χ1v) is 4.35. The molecule has 14 heavy (non-hydrogen) atoms. The average molecular weight is 190 g/mol. The van der Waals surface area contributed by atoms with E-state index in [0.717, 1.165) is 0 Å². The van der Waals surface area contributed by atoms with Crippen LogP contribution in [0.1, 0.15) is 19.4 Å². The minimum Gasteiger partial charge on any atom is -0.260 e. The lowest BCUT2D eigenvalue weighted by atomic mass is 9.86. The third-order valence-corrected chi connectivity index (χ3v) is 2.39. The Morgan fingerprint density at radius 2 is 2.14 bits per heavy atom. The van der Waals surface area contributed by atoms with Crippen molar-refractivity contribution in [3.05, 3.63) is 33.9 Å². The molecule has 1 heterocycles. The zero-order chi connectivity index (χ0) is 10.3. The van der Waals surface area contributed by atoms with E-state index in [1.807, 2.05) is 13.8 Å². The van der Waals surface area contributed by atoms with Crippen molar-refractivity contribution in [2.45, 2.75) is 19.3 Å². The molecule has 1 aliphatic rings. The second kappa shape index (κ2) is 2.64. The van der Waals surface area contributed by atoms with E-state index in [4.69, 9.17) is 0 Å². The van der Waals surface area contributed by atoms with Crippen LogP contribution < -0.4 is 0 Å². The highest BCUT2D eigenvalue weighted by molar-refractivity contribution is 5.87. The van der Waals surface area contributed by atoms with Crippen molar-refractivity contribution in [3.63, 3.8) is 0 Å². The molecule has 1 aromatic carbocycles. The van der Waals surface area contributed by atoms with E-state index in [0.29, 0.717) is 11.3 Å². The number of rotatable bonds is 1. The van der Waals surface area contributed by atoms with Gasteiger partial charge in [0.05, 0.1) is 16.2 Å². The molecule has 0 atom stereocenters. The van der Waals surface area contributed by atoms with E-state index in [1.165, 1.54) is 6.07 Å². The zero-order valence-corrected chi connectivity index (χ0v) is 8.02. The number of nitro benzene ring substituents is 1. The molecular weight excluding hydrogens is 180 g/mol. The van der Waals surface area contributed by atoms with Gasteiger partial charge >= 0.3 is 0 Å². The number of hydrogen-bond acceptors (Lipinski definition) is 3. The predicted octanol–water partition coefficient (Wildman–Crippen LogP) is 2.59. The SMILES string of the molecule is CC1(C)C=Nc2cccc([N+](=O)[O-])c21. The van der Waals surface area contributed by atoms with Crippen LogP contribution in [0.15, 0.2) is 23.2 Å². The minimum absolute atomic E-state index is 0.157. The molecule has 0 spiro atoms. The lowest BCUT2D eigenvalue weighted by Crippen LogP contribution is -2.16. The molecule has 0 amide bonds. The third-order valence-electron chi connectivity index (χ3n) is 2.39. The van der Waals surface area contributed by atoms with Gasteiger partial charge in [-0.1, -0.05) is 19.9 Å². The van der Waals surface area contributed by atoms with Crippen LogP contribution in [0.2, 0.25) is 0 Å². The Bertz CT molecular complexity index is 436. The maximum absolute atomic E-state index is 10.8. The first-order chi connectivity index (χ1) is 6.52. The summed E-state index contributed by atoms with van der Waals surface area (Å²) in [5.74, 6) is 0. The van der Waals surface area contributed by atoms with Crippen molar-refractivity contribution < 1.29 is 4.92 Å². The topological polar surface area (TPSA) is 55.5 Å². The predicted molar refractivity (Wildman–Crippen MR) is 54.3 cm³/mol. The number of fused-ring (bicyclic) bond motifs is 1. The highest BCUT2D eigenvalue weighted by Gasteiger charge is 2.33. The van der Waals surface area contributed by atoms with Crippen molar-refractivity contribution in [2.24, 2.45) is 4.99 Å². The molecule has 0 bridgehead atoms. The molecule has 4 nitrogen and oxygen atoms in total. The first-order valence-electron chi connectivity index (χ1n) is 4.35. The molecule has 2 rings (SSSR count). The number of hydrogen-bond donors (Lipinski definition) is 0. The fraction of sp³-hybridized carbons (Fsp3) is 0.300. The monoisotopic (exact) mass is 190 g/mol. The maximum Gasteiger partial charge on any atom is 0.275 e. The van der Waals surface area contributed by atoms with Gasteiger partial charge in [-0.3, -0.25) is 15.1 Å². The Labute approximate surface area is 81.4 Å². The van der Waals surface area contributed by atoms with E-state index in [1.54, 1.807) is 18.3 Å². The summed E-state index contributed by atoms with van der Waals surface area (Å²) in [6.07, 6.45) is 1.75. The molecule has 72 valence electrons. The molecule has 1 aromatic rings. The van der Waals surface area contributed by atoms with Crippen LogP contribution in [0.3, 0.4) is 0 Å². The van der Waals surface area contributed by atoms with Crippen molar-refractivity contribution in [1.29, 1.82) is 0 Å². The standard InChI is InChI=1S/C10H10N2O2/c1-10(2)6-11-7-4-3-5-8(9(7)10)12(13)14/h3-6H,1-2H3. The van der Waals surface area contributed by atoms with E-state index >= 15 is 0 Å². The molecule has 0 radical (unpaired) electrons. The molecule has 1 aliphatic heterocycles. The van der Waals surface area contributed by atoms with Gasteiger partial charge in [0.2, 0.25) is 0 Å². The van der Waals surface area contributed by atoms with Crippen LogP contribution in [0, 0.1) is 10.1 Å². The summed E-state index contributed by atoms with van der Waals surface area (Å²) >= 11 is 0. The largest absolute Gasteiger partial charge is 0.275 e. The van der Waals surface area contributed by atoms with Gasteiger partial charge in [-0.15, -0.1) is 0 Å². The highest BCUT2D eigenvalue weighted by atomic mass is 16.6. The average Bonchev–Trinajstić information content (AvgIpc) is 2.43. The van der Waals surface area contributed by atoms with Gasteiger partial charge in [-0.05, 0) is 6.07 Å². The van der Waals surface area contributed by atoms with Crippen LogP contribution in [-0.2, 0) is 5.41 Å². The molecule has 0 unspecified atom stereocenters. The summed E-state index contributed by atoms with van der Waals surface area (Å²) in [5.41, 5.74) is 1.25. The Kier molecular flexibility index (Phi) is 1.67. The van der Waals surface area contributed by atoms with Crippen molar-refractivity contribution >= 4 is 17.6 Å². The lowest BCUT2D eigenvalue weighted by molar-refractivity contribution is -0.385. The first kappa shape index (κ1) is 8.87. The molecule has 4 heteroatoms. The van der Waals surface area contributed by atoms with Gasteiger partial charge in [-0.2, -0.15) is 0 Å². The second-order valence-corrected chi connectivity index (χ2v) is 3.91. The van der Waals surface area contributed by atoms with E-state index in [2.05, 4.69) is 4.99 Å². The van der Waals surface area contributed by atoms with E-state index in [9.17, 15) is 10.1 Å². The summed E-state index contributed by atoms with van der Waals surface area (Å²) in [6, 6.07) is 4.98. The summed E-state index contributed by atoms with van der Waals surface area (Å²) in [4.78, 5) is 14.6. The van der Waals surface area contributed by atoms with Gasteiger partial charge < -0.3 is 0 Å². The lowest BCUT2D eigenvalue weighted by Gasteiger charge is -2.14. The highest BCUT2D eigenvalue weighted by Crippen LogP contribution is 2.41. The number of nitrogens with zero attached hydrogens (tertiary/aromatic N) is 2. The molecule has 0 aromatic heterocycles. The Hall–Kier alpha value is -1.71. The van der Waals surface area contributed by atoms with Crippen LogP contribution in [-0.4, -0.2) is 11.1 Å². The van der Waals surface area contributed by atoms with Crippen LogP contribution >= 0.6 is 0 Å². The summed E-state index contributed by atoms with van der Waals surface area (Å²) in [5, 5.41) is 10.8. The van der Waals surface area contributed by atoms with Crippen LogP contribution in [0.4, 0.5) is 11.4 Å². The summed E-state index contributed by atoms with van der Waals surface area (Å²) < 4.78 is 0. The molecular formula is C10H10N2O2. The molecule has 0 fully saturated rings. The van der Waals surface area contributed by atoms with E-state index in [-0.39, 0.29) is 16.0 Å². The van der Waals surface area contributed by atoms with Crippen LogP contribution in [0.5, 0.6) is 0 Å². The normalized spacial score (nSPS) is 16.7. The minimum atomic E-state index is -0.352. The van der Waals surface area contributed by atoms with Crippen molar-refractivity contribution in [1.82, 2.24) is 0 Å². The molecule has 0 N–H and O–H groups in total. The summed E-state index contributed by atoms with van der Waals surface area (Å²) in [7, 11) is 0. The van der Waals surface area contributed by atoms with Gasteiger partial charge in [0.1, 0.15) is 0 Å². The van der Waals surface area contributed by atoms with Gasteiger partial charge in [0.15, 0.2) is 0 Å². The van der Waals surface area contributed by atoms with E-state index < -0.39 is 0 Å². The van der Waals surface area contributed by atoms with Gasteiger partial charge in [-0.25, -0.2) is 0 Å². The molecule has 0 aliphatic carbocycles. The Morgan fingerprint density at radius 1 is 1.43 bits per heavy atom. The molecule has 0 saturated heterocycles. The molecule has 0 saturated carbocycles. The Balaban J connectivity index is 2.70. The number of nitro groups is 1. The fourth-order valence-corrected chi connectivity index (χ4v) is 1.74. The second-order valence-electron chi connectivity index (χ2n) is 3.91.